The van der Waals surface area contributed by atoms with Crippen molar-refractivity contribution in [2.24, 2.45) is 5.41 Å². The zero-order valence-electron chi connectivity index (χ0n) is 28.0. The van der Waals surface area contributed by atoms with E-state index < -0.39 is 28.8 Å². The van der Waals surface area contributed by atoms with Gasteiger partial charge >= 0.3 is 6.09 Å². The number of nitrogens with zero attached hydrogens (tertiary/aromatic N) is 3. The number of anilines is 1. The third-order valence-electron chi connectivity index (χ3n) is 8.41. The molecule has 1 saturated heterocycles. The van der Waals surface area contributed by atoms with Crippen LogP contribution in [0.25, 0.3) is 27.4 Å². The van der Waals surface area contributed by atoms with Crippen LogP contribution in [0.1, 0.15) is 51.4 Å². The van der Waals surface area contributed by atoms with Crippen LogP contribution in [0.15, 0.2) is 53.5 Å². The summed E-state index contributed by atoms with van der Waals surface area (Å²) in [5, 5.41) is 7.73. The normalized spacial score (nSPS) is 15.9. The highest BCUT2D eigenvalue weighted by Crippen LogP contribution is 2.48. The third kappa shape index (κ3) is 6.49. The Kier molecular flexibility index (Phi) is 8.15. The van der Waals surface area contributed by atoms with Gasteiger partial charge in [-0.15, -0.1) is 0 Å². The minimum Gasteiger partial charge on any atom is -0.451 e. The molecule has 10 nitrogen and oxygen atoms in total. The molecule has 0 saturated carbocycles. The van der Waals surface area contributed by atoms with Gasteiger partial charge < -0.3 is 34.5 Å². The lowest BCUT2D eigenvalue weighted by Gasteiger charge is -2.30. The Labute approximate surface area is 273 Å². The number of rotatable bonds is 7. The Morgan fingerprint density at radius 1 is 1.09 bits per heavy atom. The molecule has 3 aromatic carbocycles. The zero-order chi connectivity index (χ0) is 33.8. The standard InChI is InChI=1S/C36H42FN5O5/c1-35(2,3)47-34(45)39-23-12-13-41(17-23)30-26(37)16-24-29-32(30)46-28-15-22-11-9-8-10-21(22)14-27(28)42(29)18-25(31(24)43)33(44)38-19-36(4,5)20-40(6)7/h8-11,14-16,18,23H,12-13,17,19-20H2,1-7H3,(H,38,44)(H,39,45). The Bertz CT molecular complexity index is 1960. The fraction of sp³-hybridized carbons (Fsp3) is 0.417. The number of pyridine rings is 1. The maximum absolute atomic E-state index is 16.3. The molecular formula is C36H42FN5O5. The van der Waals surface area contributed by atoms with Gasteiger partial charge in [0.05, 0.1) is 17.1 Å². The van der Waals surface area contributed by atoms with Gasteiger partial charge in [0.15, 0.2) is 17.3 Å². The number of ether oxygens (including phenoxy) is 2. The fourth-order valence-corrected chi connectivity index (χ4v) is 6.63. The molecule has 47 heavy (non-hydrogen) atoms. The molecule has 248 valence electrons. The molecule has 0 aliphatic carbocycles. The van der Waals surface area contributed by atoms with Crippen LogP contribution < -0.4 is 25.7 Å². The largest absolute Gasteiger partial charge is 0.451 e. The number of hydrogen-bond donors (Lipinski definition) is 2. The lowest BCUT2D eigenvalue weighted by atomic mass is 9.93. The molecule has 1 fully saturated rings. The van der Waals surface area contributed by atoms with Crippen LogP contribution in [0.5, 0.6) is 11.5 Å². The molecule has 2 N–H and O–H groups in total. The van der Waals surface area contributed by atoms with Crippen molar-refractivity contribution in [1.29, 1.82) is 0 Å². The lowest BCUT2D eigenvalue weighted by molar-refractivity contribution is 0.0508. The van der Waals surface area contributed by atoms with Crippen molar-refractivity contribution in [3.05, 3.63) is 70.3 Å². The maximum Gasteiger partial charge on any atom is 0.407 e. The number of carbonyl (C=O) groups is 2. The molecule has 4 aromatic rings. The fourth-order valence-electron chi connectivity index (χ4n) is 6.63. The SMILES string of the molecule is CN(C)CC(C)(C)CNC(=O)c1cn2c3c(c(N4CCC(NC(=O)OC(C)(C)C)C4)c(F)cc3c1=O)Oc1cc3ccccc3cc1-2. The summed E-state index contributed by atoms with van der Waals surface area (Å²) in [6.07, 6.45) is 1.57. The van der Waals surface area contributed by atoms with E-state index in [-0.39, 0.29) is 33.8 Å². The van der Waals surface area contributed by atoms with Gasteiger partial charge in [0.2, 0.25) is 5.43 Å². The van der Waals surface area contributed by atoms with Gasteiger partial charge in [-0.05, 0) is 75.7 Å². The number of aromatic nitrogens is 1. The van der Waals surface area contributed by atoms with E-state index >= 15 is 4.39 Å². The van der Waals surface area contributed by atoms with E-state index in [0.29, 0.717) is 43.0 Å². The number of amides is 2. The Morgan fingerprint density at radius 3 is 2.47 bits per heavy atom. The summed E-state index contributed by atoms with van der Waals surface area (Å²) in [5.41, 5.74) is -0.358. The second-order valence-electron chi connectivity index (χ2n) is 14.6. The highest BCUT2D eigenvalue weighted by Gasteiger charge is 2.35. The van der Waals surface area contributed by atoms with E-state index in [9.17, 15) is 14.4 Å². The average Bonchev–Trinajstić information content (AvgIpc) is 3.42. The van der Waals surface area contributed by atoms with Gasteiger partial charge in [-0.2, -0.15) is 0 Å². The first-order valence-corrected chi connectivity index (χ1v) is 15.9. The summed E-state index contributed by atoms with van der Waals surface area (Å²) >= 11 is 0. The summed E-state index contributed by atoms with van der Waals surface area (Å²) in [5.74, 6) is -0.517. The number of halogens is 1. The van der Waals surface area contributed by atoms with Crippen LogP contribution in [0, 0.1) is 11.2 Å². The van der Waals surface area contributed by atoms with E-state index in [4.69, 9.17) is 9.47 Å². The molecule has 0 radical (unpaired) electrons. The number of alkyl carbamates (subject to hydrolysis) is 1. The van der Waals surface area contributed by atoms with E-state index in [0.717, 1.165) is 17.3 Å². The smallest absolute Gasteiger partial charge is 0.407 e. The van der Waals surface area contributed by atoms with Gasteiger partial charge in [0, 0.05) is 32.4 Å². The molecule has 1 atom stereocenters. The van der Waals surface area contributed by atoms with E-state index in [1.54, 1.807) is 25.3 Å². The van der Waals surface area contributed by atoms with Crippen molar-refractivity contribution in [3.8, 4) is 17.2 Å². The van der Waals surface area contributed by atoms with Gasteiger partial charge in [0.25, 0.3) is 5.91 Å². The summed E-state index contributed by atoms with van der Waals surface area (Å²) in [4.78, 5) is 43.9. The topological polar surface area (TPSA) is 105 Å². The van der Waals surface area contributed by atoms with Crippen LogP contribution in [-0.4, -0.2) is 73.4 Å². The molecule has 3 heterocycles. The van der Waals surface area contributed by atoms with Crippen LogP contribution in [-0.2, 0) is 4.74 Å². The zero-order valence-corrected chi connectivity index (χ0v) is 28.0. The number of benzene rings is 3. The van der Waals surface area contributed by atoms with Crippen LogP contribution in [0.3, 0.4) is 0 Å². The quantitative estimate of drug-likeness (QED) is 0.231. The number of carbonyl (C=O) groups excluding carboxylic acids is 2. The minimum atomic E-state index is -0.650. The van der Waals surface area contributed by atoms with Crippen molar-refractivity contribution < 1.29 is 23.5 Å². The predicted molar refractivity (Wildman–Crippen MR) is 182 cm³/mol. The van der Waals surface area contributed by atoms with Crippen molar-refractivity contribution in [2.75, 3.05) is 45.2 Å². The highest BCUT2D eigenvalue weighted by atomic mass is 19.1. The van der Waals surface area contributed by atoms with Crippen molar-refractivity contribution >= 4 is 39.4 Å². The summed E-state index contributed by atoms with van der Waals surface area (Å²) < 4.78 is 29.9. The average molecular weight is 644 g/mol. The molecule has 2 aliphatic rings. The summed E-state index contributed by atoms with van der Waals surface area (Å²) in [7, 11) is 3.93. The molecule has 11 heteroatoms. The second kappa shape index (κ2) is 11.9. The van der Waals surface area contributed by atoms with Gasteiger partial charge in [0.1, 0.15) is 22.4 Å². The van der Waals surface area contributed by atoms with Crippen molar-refractivity contribution in [1.82, 2.24) is 20.1 Å². The number of hydrogen-bond acceptors (Lipinski definition) is 7. The third-order valence-corrected chi connectivity index (χ3v) is 8.41. The first-order chi connectivity index (χ1) is 22.1. The Hall–Kier alpha value is -4.64. The second-order valence-corrected chi connectivity index (χ2v) is 14.6. The number of nitrogens with one attached hydrogen (secondary N) is 2. The first-order valence-electron chi connectivity index (χ1n) is 15.9. The molecule has 0 bridgehead atoms. The lowest BCUT2D eigenvalue weighted by Crippen LogP contribution is -2.41. The predicted octanol–water partition coefficient (Wildman–Crippen LogP) is 5.81. The molecule has 2 amide bonds. The van der Waals surface area contributed by atoms with Crippen LogP contribution in [0.2, 0.25) is 0 Å². The molecule has 6 rings (SSSR count). The first kappa shape index (κ1) is 32.3. The Morgan fingerprint density at radius 2 is 1.79 bits per heavy atom. The van der Waals surface area contributed by atoms with Gasteiger partial charge in [-0.1, -0.05) is 38.1 Å². The monoisotopic (exact) mass is 643 g/mol. The van der Waals surface area contributed by atoms with Gasteiger partial charge in [-0.25, -0.2) is 9.18 Å². The van der Waals surface area contributed by atoms with Crippen LogP contribution in [0.4, 0.5) is 14.9 Å². The minimum absolute atomic E-state index is 0.0443. The van der Waals surface area contributed by atoms with E-state index in [1.807, 2.05) is 74.1 Å². The van der Waals surface area contributed by atoms with E-state index in [1.165, 1.54) is 12.3 Å². The molecular weight excluding hydrogens is 601 g/mol. The summed E-state index contributed by atoms with van der Waals surface area (Å²) in [6.45, 7) is 11.3. The van der Waals surface area contributed by atoms with Crippen molar-refractivity contribution in [3.63, 3.8) is 0 Å². The molecule has 0 spiro atoms. The number of fused-ring (bicyclic) bond motifs is 3. The molecule has 2 aliphatic heterocycles. The molecule has 1 aromatic heterocycles. The van der Waals surface area contributed by atoms with E-state index in [2.05, 4.69) is 10.6 Å². The maximum atomic E-state index is 16.3. The Balaban J connectivity index is 1.45. The van der Waals surface area contributed by atoms with Crippen molar-refractivity contribution in [2.45, 2.75) is 52.7 Å². The molecule has 1 unspecified atom stereocenters. The summed E-state index contributed by atoms with van der Waals surface area (Å²) in [6, 6.07) is 12.5. The van der Waals surface area contributed by atoms with Gasteiger partial charge in [-0.3, -0.25) is 9.59 Å². The highest BCUT2D eigenvalue weighted by molar-refractivity contribution is 6.02. The van der Waals surface area contributed by atoms with Crippen LogP contribution >= 0.6 is 0 Å².